The van der Waals surface area contributed by atoms with E-state index in [0.29, 0.717) is 30.9 Å². The minimum absolute atomic E-state index is 0.0676. The first-order chi connectivity index (χ1) is 15.5. The van der Waals surface area contributed by atoms with Gasteiger partial charge >= 0.3 is 6.09 Å². The molecule has 3 aromatic rings. The van der Waals surface area contributed by atoms with Crippen molar-refractivity contribution in [1.29, 1.82) is 0 Å². The zero-order chi connectivity index (χ0) is 22.5. The first-order valence-corrected chi connectivity index (χ1v) is 10.6. The van der Waals surface area contributed by atoms with Gasteiger partial charge in [-0.25, -0.2) is 9.69 Å². The van der Waals surface area contributed by atoms with Gasteiger partial charge in [-0.15, -0.1) is 0 Å². The molecule has 1 N–H and O–H groups in total. The number of rotatable bonds is 8. The van der Waals surface area contributed by atoms with Gasteiger partial charge < -0.3 is 14.8 Å². The molecular weight excluding hydrogens is 408 g/mol. The fourth-order valence-electron chi connectivity index (χ4n) is 3.42. The number of hydrogen-bond donors (Lipinski definition) is 1. The highest BCUT2D eigenvalue weighted by atomic mass is 16.6. The fraction of sp³-hybridized carbons (Fsp3) is 0.348. The molecule has 1 aromatic carbocycles. The van der Waals surface area contributed by atoms with Crippen LogP contribution in [0, 0.1) is 6.92 Å². The van der Waals surface area contributed by atoms with Crippen LogP contribution in [0.2, 0.25) is 0 Å². The molecule has 0 saturated carbocycles. The van der Waals surface area contributed by atoms with Crippen LogP contribution >= 0.6 is 0 Å². The Hall–Kier alpha value is -3.75. The number of carbonyl (C=O) groups is 1. The molecule has 0 radical (unpaired) electrons. The van der Waals surface area contributed by atoms with Crippen LogP contribution in [0.15, 0.2) is 48.7 Å². The molecule has 0 aliphatic carbocycles. The van der Waals surface area contributed by atoms with Gasteiger partial charge in [-0.3, -0.25) is 4.98 Å². The Morgan fingerprint density at radius 1 is 1.19 bits per heavy atom. The average Bonchev–Trinajstić information content (AvgIpc) is 3.19. The van der Waals surface area contributed by atoms with Gasteiger partial charge in [0, 0.05) is 6.20 Å². The summed E-state index contributed by atoms with van der Waals surface area (Å²) in [7, 11) is 0. The van der Waals surface area contributed by atoms with Crippen LogP contribution in [0.5, 0.6) is 5.75 Å². The smallest absolute Gasteiger partial charge is 0.417 e. The van der Waals surface area contributed by atoms with Crippen LogP contribution in [0.3, 0.4) is 0 Å². The molecule has 2 atom stereocenters. The number of anilines is 2. The van der Waals surface area contributed by atoms with Gasteiger partial charge in [-0.2, -0.15) is 15.0 Å². The van der Waals surface area contributed by atoms with Crippen molar-refractivity contribution in [2.24, 2.45) is 0 Å². The van der Waals surface area contributed by atoms with Crippen LogP contribution in [0.25, 0.3) is 0 Å². The highest BCUT2D eigenvalue weighted by molar-refractivity contribution is 5.88. The lowest BCUT2D eigenvalue weighted by atomic mass is 10.1. The van der Waals surface area contributed by atoms with E-state index in [0.717, 1.165) is 23.4 Å². The van der Waals surface area contributed by atoms with Crippen molar-refractivity contribution in [2.45, 2.75) is 45.9 Å². The second kappa shape index (κ2) is 9.59. The number of benzene rings is 1. The second-order valence-electron chi connectivity index (χ2n) is 7.56. The zero-order valence-electron chi connectivity index (χ0n) is 18.4. The molecule has 9 heteroatoms. The summed E-state index contributed by atoms with van der Waals surface area (Å²) in [5, 5.41) is 3.30. The lowest BCUT2D eigenvalue weighted by Crippen LogP contribution is -2.34. The van der Waals surface area contributed by atoms with Gasteiger partial charge in [0.15, 0.2) is 0 Å². The molecule has 1 aliphatic rings. The van der Waals surface area contributed by atoms with Crippen molar-refractivity contribution in [3.63, 3.8) is 0 Å². The molecule has 4 rings (SSSR count). The van der Waals surface area contributed by atoms with Gasteiger partial charge in [0.2, 0.25) is 11.9 Å². The van der Waals surface area contributed by atoms with Gasteiger partial charge in [0.05, 0.1) is 17.8 Å². The third-order valence-corrected chi connectivity index (χ3v) is 5.22. The van der Waals surface area contributed by atoms with Gasteiger partial charge in [0.25, 0.3) is 0 Å². The number of aromatic nitrogens is 4. The molecule has 0 bridgehead atoms. The number of hydrogen-bond acceptors (Lipinski definition) is 8. The molecule has 1 amide bonds. The number of amides is 1. The summed E-state index contributed by atoms with van der Waals surface area (Å²) in [4.78, 5) is 31.1. The second-order valence-corrected chi connectivity index (χ2v) is 7.56. The van der Waals surface area contributed by atoms with E-state index in [9.17, 15) is 4.79 Å². The van der Waals surface area contributed by atoms with E-state index in [1.165, 1.54) is 4.90 Å². The quantitative estimate of drug-likeness (QED) is 0.566. The van der Waals surface area contributed by atoms with Crippen molar-refractivity contribution >= 4 is 18.0 Å². The van der Waals surface area contributed by atoms with E-state index >= 15 is 0 Å². The van der Waals surface area contributed by atoms with E-state index in [2.05, 4.69) is 25.3 Å². The monoisotopic (exact) mass is 434 g/mol. The summed E-state index contributed by atoms with van der Waals surface area (Å²) in [5.74, 6) is 2.01. The lowest BCUT2D eigenvalue weighted by Gasteiger charge is -2.20. The molecule has 9 nitrogen and oxygen atoms in total. The SMILES string of the molecule is CC[C@H]1COC(=O)N1c1nc(C)nc(N[C@@H](C)c2ccc(OCc3ccccn3)cc2)n1. The maximum Gasteiger partial charge on any atom is 0.417 e. The third kappa shape index (κ3) is 4.93. The molecule has 1 saturated heterocycles. The van der Waals surface area contributed by atoms with E-state index in [1.807, 2.05) is 56.3 Å². The number of ether oxygens (including phenoxy) is 2. The molecule has 1 aliphatic heterocycles. The topological polar surface area (TPSA) is 102 Å². The van der Waals surface area contributed by atoms with Crippen LogP contribution < -0.4 is 15.0 Å². The molecule has 32 heavy (non-hydrogen) atoms. The summed E-state index contributed by atoms with van der Waals surface area (Å²) in [6, 6.07) is 13.4. The van der Waals surface area contributed by atoms with Crippen molar-refractivity contribution in [2.75, 3.05) is 16.8 Å². The highest BCUT2D eigenvalue weighted by Crippen LogP contribution is 2.24. The normalized spacial score (nSPS) is 16.5. The maximum absolute atomic E-state index is 12.2. The van der Waals surface area contributed by atoms with Crippen LogP contribution in [-0.2, 0) is 11.3 Å². The van der Waals surface area contributed by atoms with Crippen molar-refractivity contribution in [3.05, 3.63) is 65.7 Å². The Kier molecular flexibility index (Phi) is 6.44. The maximum atomic E-state index is 12.2. The standard InChI is InChI=1S/C23H26N6O3/c1-4-19-14-32-23(30)29(19)22-27-16(3)26-21(28-22)25-15(2)17-8-10-20(11-9-17)31-13-18-7-5-6-12-24-18/h5-12,15,19H,4,13-14H2,1-3H3,(H,25,26,27,28)/t15-,19-/m0/s1. The predicted octanol–water partition coefficient (Wildman–Crippen LogP) is 4.06. The number of aryl methyl sites for hydroxylation is 1. The van der Waals surface area contributed by atoms with Crippen LogP contribution in [-0.4, -0.2) is 38.7 Å². The summed E-state index contributed by atoms with van der Waals surface area (Å²) in [6.07, 6.45) is 2.07. The molecule has 2 aromatic heterocycles. The minimum Gasteiger partial charge on any atom is -0.487 e. The number of cyclic esters (lactones) is 1. The highest BCUT2D eigenvalue weighted by Gasteiger charge is 2.35. The van der Waals surface area contributed by atoms with E-state index in [4.69, 9.17) is 9.47 Å². The van der Waals surface area contributed by atoms with Crippen molar-refractivity contribution in [3.8, 4) is 5.75 Å². The number of pyridine rings is 1. The Morgan fingerprint density at radius 2 is 2.00 bits per heavy atom. The molecular formula is C23H26N6O3. The Morgan fingerprint density at radius 3 is 2.72 bits per heavy atom. The predicted molar refractivity (Wildman–Crippen MR) is 120 cm³/mol. The fourth-order valence-corrected chi connectivity index (χ4v) is 3.42. The summed E-state index contributed by atoms with van der Waals surface area (Å²) >= 11 is 0. The Labute approximate surface area is 186 Å². The van der Waals surface area contributed by atoms with E-state index < -0.39 is 6.09 Å². The average molecular weight is 435 g/mol. The lowest BCUT2D eigenvalue weighted by molar-refractivity contribution is 0.178. The largest absolute Gasteiger partial charge is 0.487 e. The number of carbonyl (C=O) groups excluding carboxylic acids is 1. The van der Waals surface area contributed by atoms with Gasteiger partial charge in [-0.05, 0) is 50.1 Å². The third-order valence-electron chi connectivity index (χ3n) is 5.22. The Bertz CT molecular complexity index is 1060. The Balaban J connectivity index is 1.43. The van der Waals surface area contributed by atoms with Crippen LogP contribution in [0.1, 0.15) is 43.4 Å². The number of nitrogens with one attached hydrogen (secondary N) is 1. The summed E-state index contributed by atoms with van der Waals surface area (Å²) in [6.45, 7) is 6.55. The molecule has 1 fully saturated rings. The minimum atomic E-state index is -0.428. The molecule has 3 heterocycles. The van der Waals surface area contributed by atoms with Crippen molar-refractivity contribution < 1.29 is 14.3 Å². The van der Waals surface area contributed by atoms with Crippen molar-refractivity contribution in [1.82, 2.24) is 19.9 Å². The molecule has 0 unspecified atom stereocenters. The molecule has 0 spiro atoms. The first-order valence-electron chi connectivity index (χ1n) is 10.6. The first kappa shape index (κ1) is 21.5. The van der Waals surface area contributed by atoms with Crippen LogP contribution in [0.4, 0.5) is 16.7 Å². The van der Waals surface area contributed by atoms with E-state index in [1.54, 1.807) is 13.1 Å². The number of nitrogens with zero attached hydrogens (tertiary/aromatic N) is 5. The van der Waals surface area contributed by atoms with E-state index in [-0.39, 0.29) is 12.1 Å². The van der Waals surface area contributed by atoms with Gasteiger partial charge in [-0.1, -0.05) is 25.1 Å². The summed E-state index contributed by atoms with van der Waals surface area (Å²) in [5.41, 5.74) is 1.92. The van der Waals surface area contributed by atoms with Gasteiger partial charge in [0.1, 0.15) is 24.8 Å². The summed E-state index contributed by atoms with van der Waals surface area (Å²) < 4.78 is 11.0. The zero-order valence-corrected chi connectivity index (χ0v) is 18.4. The molecule has 166 valence electrons.